The maximum Gasteiger partial charge on any atom is 0.303 e. The van der Waals surface area contributed by atoms with Gasteiger partial charge < -0.3 is 5.11 Å². The van der Waals surface area contributed by atoms with Crippen LogP contribution in [0.15, 0.2) is 14.1 Å². The Morgan fingerprint density at radius 2 is 2.11 bits per heavy atom. The Kier molecular flexibility index (Phi) is 6.45. The molecule has 0 atom stereocenters. The molecule has 0 unspecified atom stereocenters. The number of carboxylic acids is 1. The van der Waals surface area contributed by atoms with Crippen molar-refractivity contribution in [3.05, 3.63) is 15.4 Å². The first-order valence-corrected chi connectivity index (χ1v) is 8.89. The van der Waals surface area contributed by atoms with Crippen LogP contribution in [-0.2, 0) is 14.8 Å². The second-order valence-electron chi connectivity index (χ2n) is 4.12. The number of hydrogen-bond donors (Lipinski definition) is 2. The highest BCUT2D eigenvalue weighted by Crippen LogP contribution is 2.30. The molecule has 0 bridgehead atoms. The molecular weight excluding hydrogens is 354 g/mol. The fourth-order valence-electron chi connectivity index (χ4n) is 1.42. The number of aliphatic carboxylic acids is 1. The van der Waals surface area contributed by atoms with E-state index in [0.717, 1.165) is 9.35 Å². The van der Waals surface area contributed by atoms with Crippen LogP contribution in [-0.4, -0.2) is 26.0 Å². The van der Waals surface area contributed by atoms with Crippen LogP contribution < -0.4 is 4.72 Å². The summed E-state index contributed by atoms with van der Waals surface area (Å²) in [5, 5.41) is 8.46. The topological polar surface area (TPSA) is 83.5 Å². The number of unbranched alkanes of at least 4 members (excludes halogenated alkanes) is 2. The molecule has 0 aliphatic rings. The molecule has 19 heavy (non-hydrogen) atoms. The van der Waals surface area contributed by atoms with Gasteiger partial charge in [0.1, 0.15) is 4.21 Å². The molecule has 0 amide bonds. The molecule has 1 heterocycles. The monoisotopic (exact) mass is 369 g/mol. The molecule has 2 N–H and O–H groups in total. The van der Waals surface area contributed by atoms with Crippen LogP contribution in [0.5, 0.6) is 0 Å². The molecule has 0 fully saturated rings. The van der Waals surface area contributed by atoms with Crippen LogP contribution >= 0.6 is 27.3 Å². The molecule has 0 aliphatic carbocycles. The van der Waals surface area contributed by atoms with Crippen molar-refractivity contribution in [3.8, 4) is 0 Å². The van der Waals surface area contributed by atoms with Gasteiger partial charge in [0.2, 0.25) is 10.0 Å². The molecule has 1 rings (SSSR count). The first-order valence-electron chi connectivity index (χ1n) is 5.80. The van der Waals surface area contributed by atoms with Crippen molar-refractivity contribution >= 4 is 43.3 Å². The van der Waals surface area contributed by atoms with E-state index in [4.69, 9.17) is 5.11 Å². The van der Waals surface area contributed by atoms with Gasteiger partial charge in [-0.05, 0) is 47.3 Å². The maximum absolute atomic E-state index is 11.9. The smallest absolute Gasteiger partial charge is 0.303 e. The largest absolute Gasteiger partial charge is 0.481 e. The Morgan fingerprint density at radius 1 is 1.42 bits per heavy atom. The van der Waals surface area contributed by atoms with Gasteiger partial charge in [0, 0.05) is 13.0 Å². The van der Waals surface area contributed by atoms with Gasteiger partial charge in [0.05, 0.1) is 3.79 Å². The quantitative estimate of drug-likeness (QED) is 0.690. The zero-order valence-corrected chi connectivity index (χ0v) is 13.7. The van der Waals surface area contributed by atoms with E-state index in [1.165, 1.54) is 11.3 Å². The van der Waals surface area contributed by atoms with Crippen LogP contribution in [0.25, 0.3) is 0 Å². The van der Waals surface area contributed by atoms with Gasteiger partial charge in [0.15, 0.2) is 0 Å². The summed E-state index contributed by atoms with van der Waals surface area (Å²) in [5.74, 6) is -0.820. The van der Waals surface area contributed by atoms with Crippen LogP contribution in [0.2, 0.25) is 0 Å². The van der Waals surface area contributed by atoms with Crippen LogP contribution in [0.4, 0.5) is 0 Å². The molecule has 0 aliphatic heterocycles. The molecule has 0 saturated heterocycles. The number of aryl methyl sites for hydroxylation is 1. The number of carboxylic acid groups (broad SMARTS) is 1. The van der Waals surface area contributed by atoms with E-state index in [-0.39, 0.29) is 6.42 Å². The van der Waals surface area contributed by atoms with E-state index >= 15 is 0 Å². The van der Waals surface area contributed by atoms with Crippen molar-refractivity contribution in [2.24, 2.45) is 0 Å². The molecule has 0 saturated carbocycles. The highest BCUT2D eigenvalue weighted by atomic mass is 79.9. The second kappa shape index (κ2) is 7.37. The number of sulfonamides is 1. The zero-order valence-electron chi connectivity index (χ0n) is 10.5. The highest BCUT2D eigenvalue weighted by molar-refractivity contribution is 9.11. The Hall–Kier alpha value is -0.440. The van der Waals surface area contributed by atoms with Crippen molar-refractivity contribution in [3.63, 3.8) is 0 Å². The number of nitrogens with one attached hydrogen (secondary N) is 1. The van der Waals surface area contributed by atoms with Gasteiger partial charge in [-0.1, -0.05) is 6.42 Å². The molecule has 5 nitrogen and oxygen atoms in total. The predicted molar refractivity (Wildman–Crippen MR) is 78.0 cm³/mol. The number of hydrogen-bond acceptors (Lipinski definition) is 4. The fraction of sp³-hybridized carbons (Fsp3) is 0.545. The van der Waals surface area contributed by atoms with Crippen molar-refractivity contribution in [1.82, 2.24) is 4.72 Å². The first-order chi connectivity index (χ1) is 8.83. The van der Waals surface area contributed by atoms with Crippen LogP contribution in [0.3, 0.4) is 0 Å². The van der Waals surface area contributed by atoms with E-state index in [0.29, 0.717) is 30.0 Å². The average molecular weight is 370 g/mol. The lowest BCUT2D eigenvalue weighted by Crippen LogP contribution is -2.24. The number of carbonyl (C=O) groups is 1. The van der Waals surface area contributed by atoms with Crippen LogP contribution in [0, 0.1) is 6.92 Å². The number of halogens is 1. The van der Waals surface area contributed by atoms with Crippen LogP contribution in [0.1, 0.15) is 31.2 Å². The standard InChI is InChI=1S/C11H16BrNO4S2/c1-8-7-10(18-11(8)12)19(16,17)13-6-4-2-3-5-9(14)15/h7,13H,2-6H2,1H3,(H,14,15). The summed E-state index contributed by atoms with van der Waals surface area (Å²) in [6.07, 6.45) is 2.03. The third-order valence-electron chi connectivity index (χ3n) is 2.46. The minimum Gasteiger partial charge on any atom is -0.481 e. The molecule has 8 heteroatoms. The number of rotatable bonds is 8. The fourth-order valence-corrected chi connectivity index (χ4v) is 4.76. The molecule has 1 aromatic rings. The lowest BCUT2D eigenvalue weighted by atomic mass is 10.2. The second-order valence-corrected chi connectivity index (χ2v) is 8.49. The molecular formula is C11H16BrNO4S2. The lowest BCUT2D eigenvalue weighted by Gasteiger charge is -2.04. The van der Waals surface area contributed by atoms with E-state index in [9.17, 15) is 13.2 Å². The Labute approximate surface area is 125 Å². The summed E-state index contributed by atoms with van der Waals surface area (Å²) in [6.45, 7) is 2.17. The van der Waals surface area contributed by atoms with E-state index < -0.39 is 16.0 Å². The van der Waals surface area contributed by atoms with E-state index in [1.54, 1.807) is 6.07 Å². The van der Waals surface area contributed by atoms with Crippen molar-refractivity contribution in [2.75, 3.05) is 6.54 Å². The van der Waals surface area contributed by atoms with Gasteiger partial charge >= 0.3 is 5.97 Å². The van der Waals surface area contributed by atoms with Gasteiger partial charge in [0.25, 0.3) is 0 Å². The minimum absolute atomic E-state index is 0.129. The van der Waals surface area contributed by atoms with Crippen molar-refractivity contribution in [2.45, 2.75) is 36.8 Å². The summed E-state index contributed by atoms with van der Waals surface area (Å²) in [4.78, 5) is 10.3. The third kappa shape index (κ3) is 5.60. The molecule has 0 aromatic carbocycles. The first kappa shape index (κ1) is 16.6. The SMILES string of the molecule is Cc1cc(S(=O)(=O)NCCCCCC(=O)O)sc1Br. The predicted octanol–water partition coefficient (Wildman–Crippen LogP) is 2.74. The molecule has 108 valence electrons. The van der Waals surface area contributed by atoms with Gasteiger partial charge in [-0.15, -0.1) is 11.3 Å². The summed E-state index contributed by atoms with van der Waals surface area (Å²) >= 11 is 4.48. The van der Waals surface area contributed by atoms with E-state index in [2.05, 4.69) is 20.7 Å². The van der Waals surface area contributed by atoms with Gasteiger partial charge in [-0.2, -0.15) is 0 Å². The summed E-state index contributed by atoms with van der Waals surface area (Å²) < 4.78 is 27.5. The highest BCUT2D eigenvalue weighted by Gasteiger charge is 2.17. The Bertz CT molecular complexity index is 519. The molecule has 1 aromatic heterocycles. The minimum atomic E-state index is -3.44. The number of thiophene rings is 1. The third-order valence-corrected chi connectivity index (χ3v) is 6.53. The lowest BCUT2D eigenvalue weighted by molar-refractivity contribution is -0.137. The Balaban J connectivity index is 2.37. The average Bonchev–Trinajstić information content (AvgIpc) is 2.64. The Morgan fingerprint density at radius 3 is 2.63 bits per heavy atom. The zero-order chi connectivity index (χ0) is 14.5. The van der Waals surface area contributed by atoms with Gasteiger partial charge in [-0.25, -0.2) is 13.1 Å². The summed E-state index contributed by atoms with van der Waals surface area (Å²) in [6, 6.07) is 1.63. The summed E-state index contributed by atoms with van der Waals surface area (Å²) in [7, 11) is -3.44. The molecule has 0 radical (unpaired) electrons. The van der Waals surface area contributed by atoms with Crippen molar-refractivity contribution in [1.29, 1.82) is 0 Å². The summed E-state index contributed by atoms with van der Waals surface area (Å²) in [5.41, 5.74) is 0.895. The van der Waals surface area contributed by atoms with Gasteiger partial charge in [-0.3, -0.25) is 4.79 Å². The molecule has 0 spiro atoms. The normalized spacial score (nSPS) is 11.7. The van der Waals surface area contributed by atoms with Crippen molar-refractivity contribution < 1.29 is 18.3 Å². The maximum atomic E-state index is 11.9. The van der Waals surface area contributed by atoms with E-state index in [1.807, 2.05) is 6.92 Å².